The lowest BCUT2D eigenvalue weighted by Crippen LogP contribution is -2.29. The number of furan rings is 1. The molecule has 0 bridgehead atoms. The van der Waals surface area contributed by atoms with Gasteiger partial charge in [-0.15, -0.1) is 0 Å². The lowest BCUT2D eigenvalue weighted by molar-refractivity contribution is -0.572. The van der Waals surface area contributed by atoms with E-state index in [9.17, 15) is 0 Å². The average molecular weight is 327 g/mol. The van der Waals surface area contributed by atoms with Gasteiger partial charge in [0.1, 0.15) is 5.58 Å². The van der Waals surface area contributed by atoms with Crippen molar-refractivity contribution >= 4 is 33.1 Å². The van der Waals surface area contributed by atoms with E-state index >= 15 is 0 Å². The highest BCUT2D eigenvalue weighted by molar-refractivity contribution is 6.05. The fourth-order valence-electron chi connectivity index (χ4n) is 3.44. The van der Waals surface area contributed by atoms with Crippen LogP contribution in [-0.2, 0) is 0 Å². The first-order chi connectivity index (χ1) is 12.2. The van der Waals surface area contributed by atoms with E-state index in [2.05, 4.69) is 76.8 Å². The molecule has 3 heterocycles. The molecule has 4 nitrogen and oxygen atoms in total. The number of hydrogen-bond acceptors (Lipinski definition) is 2. The number of imidazole rings is 1. The van der Waals surface area contributed by atoms with Crippen molar-refractivity contribution in [3.63, 3.8) is 0 Å². The summed E-state index contributed by atoms with van der Waals surface area (Å²) in [7, 11) is 0. The molecule has 122 valence electrons. The van der Waals surface area contributed by atoms with Crippen LogP contribution < -0.4 is 4.57 Å². The minimum atomic E-state index is 0.322. The van der Waals surface area contributed by atoms with E-state index in [0.29, 0.717) is 11.8 Å². The predicted molar refractivity (Wildman–Crippen MR) is 97.8 cm³/mol. The molecule has 0 N–H and O–H groups in total. The van der Waals surface area contributed by atoms with Crippen LogP contribution in [-0.4, -0.2) is 9.55 Å². The van der Waals surface area contributed by atoms with E-state index in [-0.39, 0.29) is 0 Å². The van der Waals surface area contributed by atoms with Gasteiger partial charge in [-0.1, -0.05) is 42.5 Å². The summed E-state index contributed by atoms with van der Waals surface area (Å²) in [6.45, 7) is 4.33. The lowest BCUT2D eigenvalue weighted by atomic mass is 10.1. The molecule has 0 aliphatic carbocycles. The number of pyridine rings is 1. The summed E-state index contributed by atoms with van der Waals surface area (Å²) in [5, 5.41) is 2.11. The predicted octanol–water partition coefficient (Wildman–Crippen LogP) is 4.59. The SMILES string of the molecule is CC(C)n1[c-][n+](-c2cccc3c2oc2ncccc23)c2ccccc21. The minimum Gasteiger partial charge on any atom is -0.443 e. The number of nitrogens with zero attached hydrogens (tertiary/aromatic N) is 3. The molecule has 3 aromatic heterocycles. The second-order valence-corrected chi connectivity index (χ2v) is 6.50. The van der Waals surface area contributed by atoms with Crippen LogP contribution in [0.25, 0.3) is 38.8 Å². The van der Waals surface area contributed by atoms with Gasteiger partial charge in [0.25, 0.3) is 0 Å². The van der Waals surface area contributed by atoms with E-state index < -0.39 is 0 Å². The fraction of sp³-hybridized carbons (Fsp3) is 0.143. The molecule has 0 aliphatic rings. The maximum absolute atomic E-state index is 6.10. The molecule has 25 heavy (non-hydrogen) atoms. The zero-order valence-electron chi connectivity index (χ0n) is 14.1. The Kier molecular flexibility index (Phi) is 2.95. The third kappa shape index (κ3) is 2.00. The van der Waals surface area contributed by atoms with E-state index in [1.165, 1.54) is 0 Å². The van der Waals surface area contributed by atoms with Crippen LogP contribution in [0.15, 0.2) is 65.2 Å². The Bertz CT molecular complexity index is 1230. The van der Waals surface area contributed by atoms with E-state index in [1.807, 2.05) is 12.1 Å². The van der Waals surface area contributed by atoms with Crippen molar-refractivity contribution in [1.29, 1.82) is 0 Å². The Labute approximate surface area is 144 Å². The van der Waals surface area contributed by atoms with E-state index in [1.54, 1.807) is 6.20 Å². The maximum atomic E-state index is 6.10. The normalized spacial score (nSPS) is 12.0. The van der Waals surface area contributed by atoms with Gasteiger partial charge in [-0.3, -0.25) is 0 Å². The van der Waals surface area contributed by atoms with Crippen molar-refractivity contribution in [2.24, 2.45) is 0 Å². The van der Waals surface area contributed by atoms with Gasteiger partial charge in [0, 0.05) is 17.0 Å². The van der Waals surface area contributed by atoms with Gasteiger partial charge in [-0.2, -0.15) is 0 Å². The quantitative estimate of drug-likeness (QED) is 0.351. The number of benzene rings is 2. The van der Waals surface area contributed by atoms with Crippen molar-refractivity contribution in [2.75, 3.05) is 0 Å². The second kappa shape index (κ2) is 5.18. The monoisotopic (exact) mass is 327 g/mol. The van der Waals surface area contributed by atoms with Crippen molar-refractivity contribution in [3.05, 3.63) is 67.1 Å². The summed E-state index contributed by atoms with van der Waals surface area (Å²) in [6.07, 6.45) is 5.25. The summed E-state index contributed by atoms with van der Waals surface area (Å²) < 4.78 is 10.3. The van der Waals surface area contributed by atoms with Crippen LogP contribution in [0, 0.1) is 6.33 Å². The highest BCUT2D eigenvalue weighted by Crippen LogP contribution is 2.30. The van der Waals surface area contributed by atoms with Crippen molar-refractivity contribution in [1.82, 2.24) is 9.55 Å². The van der Waals surface area contributed by atoms with Gasteiger partial charge in [0.05, 0.1) is 22.8 Å². The second-order valence-electron chi connectivity index (χ2n) is 6.50. The number of para-hydroxylation sites is 3. The summed E-state index contributed by atoms with van der Waals surface area (Å²) in [4.78, 5) is 4.36. The van der Waals surface area contributed by atoms with Gasteiger partial charge in [0.2, 0.25) is 12.0 Å². The number of fused-ring (bicyclic) bond motifs is 4. The van der Waals surface area contributed by atoms with Gasteiger partial charge < -0.3 is 13.6 Å². The highest BCUT2D eigenvalue weighted by Gasteiger charge is 2.16. The molecule has 0 unspecified atom stereocenters. The molecule has 4 heteroatoms. The van der Waals surface area contributed by atoms with Crippen molar-refractivity contribution in [2.45, 2.75) is 19.9 Å². The third-order valence-corrected chi connectivity index (χ3v) is 4.60. The molecule has 2 aromatic carbocycles. The topological polar surface area (TPSA) is 34.8 Å². The third-order valence-electron chi connectivity index (χ3n) is 4.60. The van der Waals surface area contributed by atoms with Gasteiger partial charge in [-0.05, 0) is 26.0 Å². The lowest BCUT2D eigenvalue weighted by Gasteiger charge is -2.05. The Morgan fingerprint density at radius 2 is 1.84 bits per heavy atom. The molecule has 5 aromatic rings. The first-order valence-electron chi connectivity index (χ1n) is 8.45. The molecule has 0 spiro atoms. The summed E-state index contributed by atoms with van der Waals surface area (Å²) in [6, 6.07) is 18.9. The summed E-state index contributed by atoms with van der Waals surface area (Å²) in [5.41, 5.74) is 4.74. The van der Waals surface area contributed by atoms with Crippen molar-refractivity contribution in [3.8, 4) is 5.69 Å². The van der Waals surface area contributed by atoms with Crippen LogP contribution in [0.5, 0.6) is 0 Å². The van der Waals surface area contributed by atoms with E-state index in [0.717, 1.165) is 33.1 Å². The Morgan fingerprint density at radius 3 is 2.72 bits per heavy atom. The largest absolute Gasteiger partial charge is 0.443 e. The summed E-state index contributed by atoms with van der Waals surface area (Å²) >= 11 is 0. The molecule has 0 amide bonds. The zero-order chi connectivity index (χ0) is 17.0. The Hall–Kier alpha value is -3.14. The number of hydrogen-bond donors (Lipinski definition) is 0. The molecule has 0 atom stereocenters. The van der Waals surface area contributed by atoms with Crippen LogP contribution in [0.1, 0.15) is 19.9 Å². The molecule has 0 saturated heterocycles. The smallest absolute Gasteiger partial charge is 0.244 e. The molecule has 0 saturated carbocycles. The minimum absolute atomic E-state index is 0.322. The fourth-order valence-corrected chi connectivity index (χ4v) is 3.44. The molecule has 0 fully saturated rings. The first-order valence-corrected chi connectivity index (χ1v) is 8.45. The molecule has 5 rings (SSSR count). The maximum Gasteiger partial charge on any atom is 0.244 e. The first kappa shape index (κ1) is 14.2. The zero-order valence-corrected chi connectivity index (χ0v) is 14.1. The van der Waals surface area contributed by atoms with Gasteiger partial charge in [0.15, 0.2) is 0 Å². The van der Waals surface area contributed by atoms with Crippen LogP contribution in [0.2, 0.25) is 0 Å². The molecular weight excluding hydrogens is 310 g/mol. The van der Waals surface area contributed by atoms with E-state index in [4.69, 9.17) is 4.42 Å². The number of rotatable bonds is 2. The molecular formula is C21H17N3O. The highest BCUT2D eigenvalue weighted by atomic mass is 16.3. The Morgan fingerprint density at radius 1 is 1.00 bits per heavy atom. The van der Waals surface area contributed by atoms with Crippen LogP contribution in [0.3, 0.4) is 0 Å². The standard InChI is InChI=1S/C21H17N3O/c1-14(2)23-13-24(18-10-4-3-9-17(18)23)19-11-5-7-15-16-8-6-12-22-21(16)25-20(15)19/h3-12,14H,1-2H3. The van der Waals surface area contributed by atoms with Gasteiger partial charge in [-0.25, -0.2) is 4.98 Å². The summed E-state index contributed by atoms with van der Waals surface area (Å²) in [5.74, 6) is 0. The number of aromatic nitrogens is 3. The molecule has 0 radical (unpaired) electrons. The average Bonchev–Trinajstić information content (AvgIpc) is 3.20. The van der Waals surface area contributed by atoms with Crippen molar-refractivity contribution < 1.29 is 8.98 Å². The van der Waals surface area contributed by atoms with Crippen LogP contribution in [0.4, 0.5) is 0 Å². The van der Waals surface area contributed by atoms with Gasteiger partial charge >= 0.3 is 0 Å². The van der Waals surface area contributed by atoms with Crippen LogP contribution >= 0.6 is 0 Å². The molecule has 0 aliphatic heterocycles. The Balaban J connectivity index is 1.89.